The summed E-state index contributed by atoms with van der Waals surface area (Å²) in [4.78, 5) is 0. The van der Waals surface area contributed by atoms with Crippen LogP contribution in [0.2, 0.25) is 0 Å². The van der Waals surface area contributed by atoms with E-state index in [1.54, 1.807) is 5.38 Å². The van der Waals surface area contributed by atoms with Crippen LogP contribution in [0, 0.1) is 11.3 Å². The summed E-state index contributed by atoms with van der Waals surface area (Å²) in [5.74, 6) is 0. The van der Waals surface area contributed by atoms with Crippen molar-refractivity contribution in [2.75, 3.05) is 0 Å². The molecule has 0 amide bonds. The summed E-state index contributed by atoms with van der Waals surface area (Å²) in [7, 11) is -3.90. The number of rotatable bonds is 1. The van der Waals surface area contributed by atoms with Crippen LogP contribution in [0.5, 0.6) is 0 Å². The summed E-state index contributed by atoms with van der Waals surface area (Å²) in [5, 5.41) is 19.7. The number of oxime groups is 1. The fraction of sp³-hybridized carbons (Fsp3) is 0. The third-order valence-corrected chi connectivity index (χ3v) is 4.16. The first kappa shape index (κ1) is 9.70. The first-order valence-corrected chi connectivity index (χ1v) is 5.40. The van der Waals surface area contributed by atoms with E-state index in [9.17, 15) is 8.42 Å². The van der Waals surface area contributed by atoms with Gasteiger partial charge in [0.2, 0.25) is 9.84 Å². The van der Waals surface area contributed by atoms with Crippen LogP contribution in [-0.2, 0) is 9.84 Å². The second kappa shape index (κ2) is 3.55. The molecule has 0 saturated heterocycles. The Morgan fingerprint density at radius 3 is 2.77 bits per heavy atom. The Kier molecular flexibility index (Phi) is 2.65. The molecule has 0 aliphatic carbocycles. The molecule has 1 heterocycles. The van der Waals surface area contributed by atoms with Gasteiger partial charge in [-0.3, -0.25) is 0 Å². The third kappa shape index (κ3) is 1.68. The van der Waals surface area contributed by atoms with Crippen molar-refractivity contribution in [3.05, 3.63) is 17.5 Å². The highest BCUT2D eigenvalue weighted by molar-refractivity contribution is 8.08. The average molecular weight is 216 g/mol. The maximum absolute atomic E-state index is 11.4. The molecule has 1 aromatic rings. The molecule has 5 nitrogen and oxygen atoms in total. The summed E-state index contributed by atoms with van der Waals surface area (Å²) < 4.78 is 22.7. The van der Waals surface area contributed by atoms with Crippen LogP contribution >= 0.6 is 11.3 Å². The maximum atomic E-state index is 11.4. The molecule has 0 saturated carbocycles. The molecule has 0 spiro atoms. The summed E-state index contributed by atoms with van der Waals surface area (Å²) in [5.41, 5.74) is 0. The number of hydrogen-bond acceptors (Lipinski definition) is 6. The highest BCUT2D eigenvalue weighted by Crippen LogP contribution is 2.18. The zero-order valence-corrected chi connectivity index (χ0v) is 7.84. The molecular weight excluding hydrogens is 212 g/mol. The first-order valence-electron chi connectivity index (χ1n) is 3.03. The van der Waals surface area contributed by atoms with Gasteiger partial charge in [-0.1, -0.05) is 11.2 Å². The monoisotopic (exact) mass is 216 g/mol. The molecule has 0 unspecified atom stereocenters. The van der Waals surface area contributed by atoms with Crippen molar-refractivity contribution < 1.29 is 13.6 Å². The first-order chi connectivity index (χ1) is 6.12. The zero-order valence-electron chi connectivity index (χ0n) is 6.21. The average Bonchev–Trinajstić information content (AvgIpc) is 2.58. The van der Waals surface area contributed by atoms with E-state index in [0.717, 1.165) is 11.3 Å². The van der Waals surface area contributed by atoms with Crippen molar-refractivity contribution >= 4 is 26.2 Å². The highest BCUT2D eigenvalue weighted by Gasteiger charge is 2.23. The molecule has 0 radical (unpaired) electrons. The number of nitriles is 1. The van der Waals surface area contributed by atoms with E-state index in [1.165, 1.54) is 18.2 Å². The van der Waals surface area contributed by atoms with E-state index in [0.29, 0.717) is 0 Å². The van der Waals surface area contributed by atoms with E-state index in [-0.39, 0.29) is 4.21 Å². The van der Waals surface area contributed by atoms with Crippen molar-refractivity contribution in [1.29, 1.82) is 5.26 Å². The molecule has 7 heteroatoms. The van der Waals surface area contributed by atoms with E-state index < -0.39 is 14.9 Å². The molecule has 0 atom stereocenters. The van der Waals surface area contributed by atoms with Crippen LogP contribution in [0.3, 0.4) is 0 Å². The van der Waals surface area contributed by atoms with Gasteiger partial charge < -0.3 is 5.21 Å². The van der Waals surface area contributed by atoms with Crippen molar-refractivity contribution in [2.45, 2.75) is 4.21 Å². The highest BCUT2D eigenvalue weighted by atomic mass is 32.2. The van der Waals surface area contributed by atoms with E-state index >= 15 is 0 Å². The van der Waals surface area contributed by atoms with Gasteiger partial charge in [-0.2, -0.15) is 5.26 Å². The molecule has 0 bridgehead atoms. The fourth-order valence-corrected chi connectivity index (χ4v) is 2.68. The van der Waals surface area contributed by atoms with Gasteiger partial charge in [0.15, 0.2) is 0 Å². The number of sulfone groups is 1. The van der Waals surface area contributed by atoms with Crippen molar-refractivity contribution in [3.63, 3.8) is 0 Å². The van der Waals surface area contributed by atoms with Crippen LogP contribution in [0.4, 0.5) is 0 Å². The molecule has 0 aliphatic rings. The molecule has 0 aliphatic heterocycles. The lowest BCUT2D eigenvalue weighted by molar-refractivity contribution is 0.321. The van der Waals surface area contributed by atoms with Crippen LogP contribution in [0.25, 0.3) is 0 Å². The minimum absolute atomic E-state index is 0.0122. The van der Waals surface area contributed by atoms with Crippen molar-refractivity contribution in [2.24, 2.45) is 5.16 Å². The van der Waals surface area contributed by atoms with Gasteiger partial charge in [0.25, 0.3) is 5.04 Å². The van der Waals surface area contributed by atoms with Crippen LogP contribution in [0.1, 0.15) is 0 Å². The minimum atomic E-state index is -3.90. The van der Waals surface area contributed by atoms with Crippen molar-refractivity contribution in [1.82, 2.24) is 0 Å². The van der Waals surface area contributed by atoms with Crippen LogP contribution in [0.15, 0.2) is 26.9 Å². The molecule has 1 N–H and O–H groups in total. The van der Waals surface area contributed by atoms with Gasteiger partial charge in [0, 0.05) is 0 Å². The Bertz CT molecular complexity index is 453. The largest absolute Gasteiger partial charge is 0.409 e. The van der Waals surface area contributed by atoms with E-state index in [2.05, 4.69) is 5.16 Å². The van der Waals surface area contributed by atoms with Gasteiger partial charge in [0.1, 0.15) is 10.3 Å². The summed E-state index contributed by atoms with van der Waals surface area (Å²) in [6.45, 7) is 0. The molecule has 0 aromatic carbocycles. The van der Waals surface area contributed by atoms with Gasteiger partial charge in [-0.15, -0.1) is 11.3 Å². The summed E-state index contributed by atoms with van der Waals surface area (Å²) in [6.07, 6.45) is 0. The number of hydrogen-bond donors (Lipinski definition) is 1. The Morgan fingerprint density at radius 1 is 1.69 bits per heavy atom. The maximum Gasteiger partial charge on any atom is 0.276 e. The lowest BCUT2D eigenvalue weighted by Gasteiger charge is -1.93. The summed E-state index contributed by atoms with van der Waals surface area (Å²) >= 11 is 0.958. The van der Waals surface area contributed by atoms with Gasteiger partial charge in [-0.25, -0.2) is 8.42 Å². The molecule has 1 aromatic heterocycles. The molecule has 68 valence electrons. The second-order valence-electron chi connectivity index (χ2n) is 1.95. The fourth-order valence-electron chi connectivity index (χ4n) is 0.648. The Hall–Kier alpha value is -1.39. The van der Waals surface area contributed by atoms with E-state index in [1.807, 2.05) is 0 Å². The Balaban J connectivity index is 3.28. The van der Waals surface area contributed by atoms with Crippen LogP contribution in [-0.4, -0.2) is 18.7 Å². The smallest absolute Gasteiger partial charge is 0.276 e. The van der Waals surface area contributed by atoms with Gasteiger partial charge in [0.05, 0.1) is 0 Å². The Labute approximate surface area is 78.5 Å². The third-order valence-electron chi connectivity index (χ3n) is 1.20. The van der Waals surface area contributed by atoms with Gasteiger partial charge in [-0.05, 0) is 11.4 Å². The molecule has 0 fully saturated rings. The second-order valence-corrected chi connectivity index (χ2v) is 4.99. The Morgan fingerprint density at radius 2 is 2.38 bits per heavy atom. The van der Waals surface area contributed by atoms with Gasteiger partial charge >= 0.3 is 0 Å². The van der Waals surface area contributed by atoms with E-state index in [4.69, 9.17) is 10.5 Å². The lowest BCUT2D eigenvalue weighted by Crippen LogP contribution is -2.11. The summed E-state index contributed by atoms with van der Waals surface area (Å²) in [6, 6.07) is 4.17. The topological polar surface area (TPSA) is 90.5 Å². The number of nitrogens with zero attached hydrogens (tertiary/aromatic N) is 2. The molecule has 13 heavy (non-hydrogen) atoms. The van der Waals surface area contributed by atoms with Crippen LogP contribution < -0.4 is 0 Å². The molecular formula is C6H4N2O3S2. The minimum Gasteiger partial charge on any atom is -0.409 e. The van der Waals surface area contributed by atoms with Crippen molar-refractivity contribution in [3.8, 4) is 6.07 Å². The quantitative estimate of drug-likeness (QED) is 0.326. The predicted molar refractivity (Wildman–Crippen MR) is 46.3 cm³/mol. The number of thiophene rings is 1. The SMILES string of the molecule is N#C/C(=N\O)S(=O)(=O)c1cccs1. The molecule has 1 rings (SSSR count). The zero-order chi connectivity index (χ0) is 9.90. The normalized spacial score (nSPS) is 12.4. The predicted octanol–water partition coefficient (Wildman–Crippen LogP) is 0.833. The lowest BCUT2D eigenvalue weighted by atomic mass is 10.7. The standard InChI is InChI=1S/C6H4N2O3S2/c7-4-5(8-9)13(10,11)6-2-1-3-12-6/h1-3,9H/b8-5+.